The van der Waals surface area contributed by atoms with Gasteiger partial charge in [0.05, 0.1) is 5.03 Å². The Morgan fingerprint density at radius 3 is 3.00 bits per heavy atom. The number of rotatable bonds is 3. The molecule has 0 aromatic carbocycles. The van der Waals surface area contributed by atoms with Crippen molar-refractivity contribution in [1.82, 2.24) is 4.98 Å². The van der Waals surface area contributed by atoms with Gasteiger partial charge in [-0.25, -0.2) is 4.98 Å². The molecule has 1 aromatic rings. The van der Waals surface area contributed by atoms with Gasteiger partial charge in [-0.05, 0) is 12.1 Å². The van der Waals surface area contributed by atoms with Crippen LogP contribution < -0.4 is 5.73 Å². The molecule has 3 heteroatoms. The van der Waals surface area contributed by atoms with E-state index in [9.17, 15) is 0 Å². The number of nitrogens with two attached hydrogens (primary N) is 1. The second-order valence-electron chi connectivity index (χ2n) is 2.33. The van der Waals surface area contributed by atoms with Crippen LogP contribution >= 0.6 is 11.8 Å². The molecule has 1 rings (SSSR count). The molecule has 2 N–H and O–H groups in total. The summed E-state index contributed by atoms with van der Waals surface area (Å²) in [5.74, 6) is 0. The van der Waals surface area contributed by atoms with Crippen LogP contribution in [-0.2, 0) is 0 Å². The first-order valence-corrected chi connectivity index (χ1v) is 4.48. The summed E-state index contributed by atoms with van der Waals surface area (Å²) >= 11 is 1.71. The topological polar surface area (TPSA) is 38.9 Å². The van der Waals surface area contributed by atoms with Gasteiger partial charge in [-0.3, -0.25) is 0 Å². The van der Waals surface area contributed by atoms with Crippen LogP contribution in [0.1, 0.15) is 6.92 Å². The Kier molecular flexibility index (Phi) is 3.39. The van der Waals surface area contributed by atoms with E-state index in [0.717, 1.165) is 5.03 Å². The molecule has 0 saturated carbocycles. The van der Waals surface area contributed by atoms with Gasteiger partial charge in [0.15, 0.2) is 0 Å². The fourth-order valence-corrected chi connectivity index (χ4v) is 1.46. The third-order valence-electron chi connectivity index (χ3n) is 1.29. The first-order valence-electron chi connectivity index (χ1n) is 3.60. The van der Waals surface area contributed by atoms with Crippen LogP contribution in [0.3, 0.4) is 0 Å². The molecule has 1 aromatic heterocycles. The minimum absolute atomic E-state index is 0.449. The van der Waals surface area contributed by atoms with Gasteiger partial charge >= 0.3 is 0 Å². The Morgan fingerprint density at radius 2 is 2.45 bits per heavy atom. The zero-order chi connectivity index (χ0) is 8.10. The second kappa shape index (κ2) is 4.36. The lowest BCUT2D eigenvalue weighted by molar-refractivity contribution is 0.945. The molecule has 0 radical (unpaired) electrons. The van der Waals surface area contributed by atoms with Gasteiger partial charge in [0.25, 0.3) is 0 Å². The van der Waals surface area contributed by atoms with Crippen molar-refractivity contribution in [1.29, 1.82) is 0 Å². The normalized spacial score (nSPS) is 12.9. The summed E-state index contributed by atoms with van der Waals surface area (Å²) in [6.45, 7) is 2.79. The lowest BCUT2D eigenvalue weighted by atomic mass is 10.5. The monoisotopic (exact) mass is 168 g/mol. The first kappa shape index (κ1) is 8.56. The average molecular weight is 168 g/mol. The van der Waals surface area contributed by atoms with E-state index >= 15 is 0 Å². The van der Waals surface area contributed by atoms with E-state index in [0.29, 0.717) is 11.8 Å². The van der Waals surface area contributed by atoms with Crippen molar-refractivity contribution in [3.63, 3.8) is 0 Å². The van der Waals surface area contributed by atoms with Gasteiger partial charge in [0.1, 0.15) is 0 Å². The van der Waals surface area contributed by atoms with Crippen molar-refractivity contribution in [2.24, 2.45) is 5.73 Å². The Hall–Kier alpha value is -0.540. The van der Waals surface area contributed by atoms with E-state index in [4.69, 9.17) is 5.73 Å². The lowest BCUT2D eigenvalue weighted by Crippen LogP contribution is -2.12. The molecule has 0 aliphatic carbocycles. The lowest BCUT2D eigenvalue weighted by Gasteiger charge is -2.05. The zero-order valence-corrected chi connectivity index (χ0v) is 7.34. The summed E-state index contributed by atoms with van der Waals surface area (Å²) in [6, 6.07) is 5.90. The maximum Gasteiger partial charge on any atom is 0.0962 e. The molecule has 0 spiro atoms. The van der Waals surface area contributed by atoms with Crippen molar-refractivity contribution in [3.8, 4) is 0 Å². The fourth-order valence-electron chi connectivity index (χ4n) is 0.671. The molecule has 0 aliphatic rings. The molecule has 1 heterocycles. The molecule has 2 nitrogen and oxygen atoms in total. The minimum Gasteiger partial charge on any atom is -0.329 e. The molecule has 0 saturated heterocycles. The molecular weight excluding hydrogens is 156 g/mol. The summed E-state index contributed by atoms with van der Waals surface area (Å²) in [4.78, 5) is 4.17. The van der Waals surface area contributed by atoms with E-state index < -0.39 is 0 Å². The standard InChI is InChI=1S/C8H12N2S/c1-7(6-9)11-8-4-2-3-5-10-8/h2-5,7H,6,9H2,1H3. The summed E-state index contributed by atoms with van der Waals surface area (Å²) < 4.78 is 0. The zero-order valence-electron chi connectivity index (χ0n) is 6.53. The number of hydrogen-bond acceptors (Lipinski definition) is 3. The minimum atomic E-state index is 0.449. The molecule has 60 valence electrons. The maximum atomic E-state index is 5.47. The van der Waals surface area contributed by atoms with Gasteiger partial charge in [-0.2, -0.15) is 0 Å². The van der Waals surface area contributed by atoms with Crippen molar-refractivity contribution >= 4 is 11.8 Å². The predicted octanol–water partition coefficient (Wildman–Crippen LogP) is 1.52. The number of nitrogens with zero attached hydrogens (tertiary/aromatic N) is 1. The van der Waals surface area contributed by atoms with E-state index in [1.165, 1.54) is 0 Å². The number of pyridine rings is 1. The number of aromatic nitrogens is 1. The quantitative estimate of drug-likeness (QED) is 0.695. The highest BCUT2D eigenvalue weighted by Gasteiger charge is 2.00. The van der Waals surface area contributed by atoms with Gasteiger partial charge in [-0.1, -0.05) is 13.0 Å². The van der Waals surface area contributed by atoms with Crippen LogP contribution in [-0.4, -0.2) is 16.8 Å². The van der Waals surface area contributed by atoms with Crippen molar-refractivity contribution < 1.29 is 0 Å². The maximum absolute atomic E-state index is 5.47. The van der Waals surface area contributed by atoms with E-state index in [-0.39, 0.29) is 0 Å². The Morgan fingerprint density at radius 1 is 1.64 bits per heavy atom. The third-order valence-corrected chi connectivity index (χ3v) is 2.37. The van der Waals surface area contributed by atoms with Crippen molar-refractivity contribution in [3.05, 3.63) is 24.4 Å². The van der Waals surface area contributed by atoms with Crippen molar-refractivity contribution in [2.75, 3.05) is 6.54 Å². The Labute approximate surface area is 71.2 Å². The Bertz CT molecular complexity index is 201. The highest BCUT2D eigenvalue weighted by molar-refractivity contribution is 7.99. The summed E-state index contributed by atoms with van der Waals surface area (Å²) in [5.41, 5.74) is 5.47. The highest BCUT2D eigenvalue weighted by Crippen LogP contribution is 2.18. The molecular formula is C8H12N2S. The molecule has 0 bridgehead atoms. The van der Waals surface area contributed by atoms with Crippen molar-refractivity contribution in [2.45, 2.75) is 17.2 Å². The first-order chi connectivity index (χ1) is 5.33. The van der Waals surface area contributed by atoms with Crippen LogP contribution in [0.15, 0.2) is 29.4 Å². The van der Waals surface area contributed by atoms with Crippen LogP contribution in [0.4, 0.5) is 0 Å². The average Bonchev–Trinajstić information content (AvgIpc) is 2.06. The number of hydrogen-bond donors (Lipinski definition) is 1. The van der Waals surface area contributed by atoms with E-state index in [1.54, 1.807) is 18.0 Å². The van der Waals surface area contributed by atoms with Gasteiger partial charge in [0, 0.05) is 18.0 Å². The number of thioether (sulfide) groups is 1. The van der Waals surface area contributed by atoms with Crippen LogP contribution in [0.5, 0.6) is 0 Å². The van der Waals surface area contributed by atoms with Gasteiger partial charge < -0.3 is 5.73 Å². The SMILES string of the molecule is CC(CN)Sc1ccccn1. The predicted molar refractivity (Wildman–Crippen MR) is 48.6 cm³/mol. The van der Waals surface area contributed by atoms with Gasteiger partial charge in [0.2, 0.25) is 0 Å². The molecule has 1 unspecified atom stereocenters. The highest BCUT2D eigenvalue weighted by atomic mass is 32.2. The summed E-state index contributed by atoms with van der Waals surface area (Å²) in [7, 11) is 0. The van der Waals surface area contributed by atoms with Crippen LogP contribution in [0.25, 0.3) is 0 Å². The fraction of sp³-hybridized carbons (Fsp3) is 0.375. The van der Waals surface area contributed by atoms with Crippen LogP contribution in [0.2, 0.25) is 0 Å². The molecule has 0 aliphatic heterocycles. The Balaban J connectivity index is 2.51. The third kappa shape index (κ3) is 2.91. The van der Waals surface area contributed by atoms with Crippen LogP contribution in [0, 0.1) is 0 Å². The second-order valence-corrected chi connectivity index (χ2v) is 3.79. The molecule has 0 fully saturated rings. The summed E-state index contributed by atoms with van der Waals surface area (Å²) in [5, 5.41) is 1.50. The van der Waals surface area contributed by atoms with E-state index in [2.05, 4.69) is 11.9 Å². The van der Waals surface area contributed by atoms with Gasteiger partial charge in [-0.15, -0.1) is 11.8 Å². The van der Waals surface area contributed by atoms with E-state index in [1.807, 2.05) is 18.2 Å². The molecule has 11 heavy (non-hydrogen) atoms. The largest absolute Gasteiger partial charge is 0.329 e. The smallest absolute Gasteiger partial charge is 0.0962 e. The molecule has 0 amide bonds. The summed E-state index contributed by atoms with van der Waals surface area (Å²) in [6.07, 6.45) is 1.80. The molecule has 1 atom stereocenters.